The van der Waals surface area contributed by atoms with Crippen LogP contribution in [0.2, 0.25) is 0 Å². The molecule has 0 radical (unpaired) electrons. The van der Waals surface area contributed by atoms with E-state index in [0.29, 0.717) is 27.9 Å². The normalized spacial score (nSPS) is 25.2. The third kappa shape index (κ3) is 18.7. The minimum absolute atomic E-state index is 0.000379. The number of nitrogens with two attached hydrogens (primary N) is 1. The lowest BCUT2D eigenvalue weighted by Crippen LogP contribution is -2.64. The van der Waals surface area contributed by atoms with Crippen LogP contribution in [-0.4, -0.2) is 227 Å². The van der Waals surface area contributed by atoms with Gasteiger partial charge in [-0.15, -0.1) is 10.2 Å². The smallest absolute Gasteiger partial charge is 0.261 e. The summed E-state index contributed by atoms with van der Waals surface area (Å²) in [5.74, 6) is -9.40. The monoisotopic (exact) mass is 1310 g/mol. The number of amides is 7. The molecule has 7 amide bonds. The zero-order valence-electron chi connectivity index (χ0n) is 49.9. The summed E-state index contributed by atoms with van der Waals surface area (Å²) >= 11 is 1.29. The van der Waals surface area contributed by atoms with Gasteiger partial charge < -0.3 is 96.6 Å². The summed E-state index contributed by atoms with van der Waals surface area (Å²) in [7, 11) is 1.69. The molecule has 7 rings (SSSR count). The van der Waals surface area contributed by atoms with Gasteiger partial charge in [0.15, 0.2) is 11.5 Å². The maximum atomic E-state index is 14.7. The Morgan fingerprint density at radius 3 is 2.04 bits per heavy atom. The lowest BCUT2D eigenvalue weighted by Gasteiger charge is -2.34. The van der Waals surface area contributed by atoms with Crippen molar-refractivity contribution in [3.8, 4) is 38.4 Å². The van der Waals surface area contributed by atoms with Crippen molar-refractivity contribution in [1.82, 2.24) is 46.6 Å². The number of phenols is 1. The molecule has 0 aliphatic carbocycles. The van der Waals surface area contributed by atoms with E-state index in [1.165, 1.54) is 30.4 Å². The van der Waals surface area contributed by atoms with Crippen molar-refractivity contribution in [3.05, 3.63) is 77.9 Å². The molecule has 4 aromatic rings. The van der Waals surface area contributed by atoms with E-state index in [2.05, 4.69) is 46.2 Å². The first-order valence-electron chi connectivity index (χ1n) is 29.4. The van der Waals surface area contributed by atoms with Gasteiger partial charge in [-0.2, -0.15) is 0 Å². The van der Waals surface area contributed by atoms with Crippen LogP contribution >= 0.6 is 23.7 Å². The molecule has 3 aliphatic heterocycles. The highest BCUT2D eigenvalue weighted by Crippen LogP contribution is 2.35. The number of methoxy groups -OCH3 is 1. The molecule has 3 saturated heterocycles. The summed E-state index contributed by atoms with van der Waals surface area (Å²) in [6.07, 6.45) is -9.54. The fourth-order valence-electron chi connectivity index (χ4n) is 10.7. The number of fused-ring (bicyclic) bond motifs is 2. The lowest BCUT2D eigenvalue weighted by molar-refractivity contribution is -0.433. The highest BCUT2D eigenvalue weighted by molar-refractivity contribution is 7.90. The Morgan fingerprint density at radius 1 is 0.769 bits per heavy atom. The third-order valence-electron chi connectivity index (χ3n) is 15.7. The summed E-state index contributed by atoms with van der Waals surface area (Å²) in [4.78, 5) is 103. The minimum Gasteiger partial charge on any atom is -0.504 e. The van der Waals surface area contributed by atoms with Crippen molar-refractivity contribution < 1.29 is 103 Å². The number of unbranched alkanes of at least 4 members (excludes halogenated alkanes) is 4. The largest absolute Gasteiger partial charge is 0.504 e. The minimum atomic E-state index is -2.46. The zero-order valence-corrected chi connectivity index (χ0v) is 51.6. The number of aliphatic hydroxyl groups is 7. The van der Waals surface area contributed by atoms with Crippen LogP contribution in [0.5, 0.6) is 17.2 Å². The fraction of sp³-hybridized carbons (Fsp3) is 0.534. The summed E-state index contributed by atoms with van der Waals surface area (Å²) in [5, 5.41) is 124. The number of carbonyl (C=O) groups is 7. The van der Waals surface area contributed by atoms with Crippen LogP contribution in [0.4, 0.5) is 0 Å². The maximum absolute atomic E-state index is 14.7. The number of β-amino-alcohol motifs (C(OH)–C–C–N with tert-alkyl or cyclic N) is 1. The number of nitrogens with zero attached hydrogens (tertiary/aromatic N) is 4. The van der Waals surface area contributed by atoms with Crippen LogP contribution in [0.1, 0.15) is 87.2 Å². The second-order valence-electron chi connectivity index (χ2n) is 22.4. The lowest BCUT2D eigenvalue weighted by atomic mass is 9.96. The Morgan fingerprint density at radius 2 is 1.40 bits per heavy atom. The van der Waals surface area contributed by atoms with Gasteiger partial charge >= 0.3 is 0 Å². The zero-order chi connectivity index (χ0) is 66.1. The number of ether oxygens (including phenoxy) is 2. The number of phenolic OH excluding ortho intramolecular Hbond substituents is 1. The van der Waals surface area contributed by atoms with Crippen LogP contribution in [0.3, 0.4) is 0 Å². The SMILES string of the molecule is COCCCCCCCOc1ccc(-c2nnc(-c3ccc(C(=O)N[C@H]4C[C@H](O)CNC(=O)C5[C@@H](O)C(C)CN5C(=O)[C@H]([C@H](O)CCN)NC(=O)C([C@H](O)[C@@H](O)c5ccc(O)c(OSOOO)c5)NC(=O)C5CC(O)CN5C(=O)C(C(C)O)NC4=O)cc3)s2)cc1. The molecule has 3 fully saturated rings. The number of rotatable bonds is 24. The van der Waals surface area contributed by atoms with Gasteiger partial charge in [0.05, 0.1) is 37.1 Å². The Bertz CT molecular complexity index is 3100. The number of aliphatic hydroxyl groups excluding tert-OH is 7. The molecule has 31 nitrogen and oxygen atoms in total. The van der Waals surface area contributed by atoms with Gasteiger partial charge in [0.1, 0.15) is 64.2 Å². The highest BCUT2D eigenvalue weighted by atomic mass is 32.2. The summed E-state index contributed by atoms with van der Waals surface area (Å²) < 4.78 is 20.3. The number of benzene rings is 3. The Hall–Kier alpha value is -7.22. The molecule has 16 N–H and O–H groups in total. The van der Waals surface area contributed by atoms with E-state index in [0.717, 1.165) is 79.2 Å². The maximum Gasteiger partial charge on any atom is 0.261 e. The number of carbonyl (C=O) groups excluding carboxylic acids is 7. The van der Waals surface area contributed by atoms with Gasteiger partial charge in [-0.1, -0.05) is 65.1 Å². The van der Waals surface area contributed by atoms with Gasteiger partial charge in [0.2, 0.25) is 35.4 Å². The molecular formula is C58H78N10O21S2. The van der Waals surface area contributed by atoms with E-state index in [1.54, 1.807) is 19.2 Å². The van der Waals surface area contributed by atoms with Gasteiger partial charge in [-0.3, -0.25) is 33.6 Å². The first kappa shape index (κ1) is 71.2. The summed E-state index contributed by atoms with van der Waals surface area (Å²) in [6, 6.07) is 4.76. The highest BCUT2D eigenvalue weighted by Gasteiger charge is 2.50. The molecule has 14 atom stereocenters. The van der Waals surface area contributed by atoms with Crippen LogP contribution in [-0.2, 0) is 42.9 Å². The van der Waals surface area contributed by atoms with Crippen LogP contribution in [0.15, 0.2) is 66.7 Å². The second kappa shape index (κ2) is 33.9. The summed E-state index contributed by atoms with van der Waals surface area (Å²) in [5.41, 5.74) is 6.84. The molecule has 91 heavy (non-hydrogen) atoms. The van der Waals surface area contributed by atoms with Crippen molar-refractivity contribution in [2.75, 3.05) is 46.5 Å². The second-order valence-corrected chi connectivity index (χ2v) is 23.8. The van der Waals surface area contributed by atoms with E-state index in [-0.39, 0.29) is 43.0 Å². The van der Waals surface area contributed by atoms with Crippen LogP contribution in [0, 0.1) is 5.92 Å². The average Bonchev–Trinajstić information content (AvgIpc) is 1.85. The Kier molecular flexibility index (Phi) is 26.5. The van der Waals surface area contributed by atoms with Crippen molar-refractivity contribution in [2.45, 2.75) is 144 Å². The molecule has 4 heterocycles. The predicted octanol–water partition coefficient (Wildman–Crippen LogP) is -1.30. The number of hydrogen-bond donors (Lipinski definition) is 15. The van der Waals surface area contributed by atoms with Gasteiger partial charge in [-0.25, -0.2) is 5.26 Å². The molecule has 1 aromatic heterocycles. The van der Waals surface area contributed by atoms with Crippen molar-refractivity contribution >= 4 is 65.0 Å². The number of aromatic hydroxyl groups is 1. The molecule has 0 saturated carbocycles. The van der Waals surface area contributed by atoms with Crippen molar-refractivity contribution in [2.24, 2.45) is 11.7 Å². The van der Waals surface area contributed by atoms with E-state index in [4.69, 9.17) is 24.6 Å². The molecule has 498 valence electrons. The quantitative estimate of drug-likeness (QED) is 0.0168. The Balaban J connectivity index is 1.15. The molecule has 0 spiro atoms. The van der Waals surface area contributed by atoms with Crippen molar-refractivity contribution in [3.63, 3.8) is 0 Å². The topological polar surface area (TPSA) is 466 Å². The number of aromatic nitrogens is 2. The molecule has 3 aromatic carbocycles. The fourth-order valence-corrected chi connectivity index (χ4v) is 11.8. The van der Waals surface area contributed by atoms with Crippen LogP contribution in [0.25, 0.3) is 21.1 Å². The predicted molar refractivity (Wildman–Crippen MR) is 322 cm³/mol. The van der Waals surface area contributed by atoms with Gasteiger partial charge in [0.25, 0.3) is 18.2 Å². The molecular weight excluding hydrogens is 1240 g/mol. The summed E-state index contributed by atoms with van der Waals surface area (Å²) in [6.45, 7) is 1.98. The molecule has 3 aliphatic rings. The average molecular weight is 1320 g/mol. The van der Waals surface area contributed by atoms with Gasteiger partial charge in [0, 0.05) is 68.8 Å². The standard InChI is InChI=1S/C58H78N10O21S2/c1-29-27-68-46(47(29)74)54(81)60-26-35(70)24-38(61-50(77)31-9-11-32(12-10-31)55-65-66-56(90-55)33-13-16-37(17-14-33)86-22-8-6-4-5-7-21-85-3)51(78)62-43(30(2)69)57(82)67-28-36(71)25-39(67)52(79)64-45(53(80)63-44(58(68)83)41(73)19-20-59)49(76)48(75)34-15-18-40(72)42(23-34)87-91-89-88-84/h9-18,23,29-30,35-36,38-39,41,43-49,69-76,84H,4-8,19-22,24-28,59H2,1-3H3,(H,60,81)(H,61,77)(H,62,78)(H,63,80)(H,64,79)/t29?,30?,35-,36?,38-,39?,41+,43?,44-,45?,46?,47-,48-,49-/m0/s1. The van der Waals surface area contributed by atoms with Crippen LogP contribution < -0.4 is 41.2 Å². The molecule has 7 unspecified atom stereocenters. The first-order valence-corrected chi connectivity index (χ1v) is 30.9. The van der Waals surface area contributed by atoms with Gasteiger partial charge in [-0.05, 0) is 86.8 Å². The van der Waals surface area contributed by atoms with E-state index >= 15 is 0 Å². The number of nitrogens with one attached hydrogen (secondary N) is 5. The van der Waals surface area contributed by atoms with E-state index in [9.17, 15) is 74.4 Å². The first-order chi connectivity index (χ1) is 43.5. The third-order valence-corrected chi connectivity index (χ3v) is 17.1. The molecule has 0 bridgehead atoms. The Labute approximate surface area is 530 Å². The molecule has 33 heteroatoms. The number of hydrogen-bond acceptors (Lipinski definition) is 26. The van der Waals surface area contributed by atoms with E-state index < -0.39 is 164 Å². The van der Waals surface area contributed by atoms with Crippen molar-refractivity contribution in [1.29, 1.82) is 0 Å². The van der Waals surface area contributed by atoms with E-state index in [1.807, 2.05) is 24.3 Å².